The number of anilines is 1. The molecule has 82 valence electrons. The van der Waals surface area contributed by atoms with Crippen LogP contribution in [0, 0.1) is 0 Å². The Balaban J connectivity index is 2.27. The van der Waals surface area contributed by atoms with Crippen molar-refractivity contribution < 1.29 is 8.42 Å². The summed E-state index contributed by atoms with van der Waals surface area (Å²) in [7, 11) is -2.55. The first-order valence-electron chi connectivity index (χ1n) is 5.28. The predicted molar refractivity (Wildman–Crippen MR) is 61.6 cm³/mol. The lowest BCUT2D eigenvalue weighted by atomic mass is 10.0. The van der Waals surface area contributed by atoms with E-state index < -0.39 is 10.9 Å². The van der Waals surface area contributed by atoms with Crippen molar-refractivity contribution in [1.29, 1.82) is 0 Å². The maximum absolute atomic E-state index is 10.5. The van der Waals surface area contributed by atoms with Crippen LogP contribution < -0.4 is 4.72 Å². The molecular weight excluding hydrogens is 210 g/mol. The Morgan fingerprint density at radius 2 is 1.73 bits per heavy atom. The van der Waals surface area contributed by atoms with Crippen molar-refractivity contribution in [3.8, 4) is 0 Å². The Kier molecular flexibility index (Phi) is 3.26. The van der Waals surface area contributed by atoms with Crippen LogP contribution in [0.4, 0.5) is 5.69 Å². The fourth-order valence-electron chi connectivity index (χ4n) is 2.09. The maximum atomic E-state index is 10.5. The maximum Gasteiger partial charge on any atom is 0.222 e. The SMILES string of the molecule is O=[SH](=O)Nc1ccc2c(c1)CCCCC2. The Morgan fingerprint density at radius 1 is 1.00 bits per heavy atom. The van der Waals surface area contributed by atoms with Crippen LogP contribution in [0.5, 0.6) is 0 Å². The summed E-state index contributed by atoms with van der Waals surface area (Å²) in [5.74, 6) is 0. The van der Waals surface area contributed by atoms with Gasteiger partial charge in [-0.05, 0) is 48.9 Å². The molecule has 0 spiro atoms. The number of hydrogen-bond acceptors (Lipinski definition) is 2. The molecule has 0 saturated carbocycles. The molecule has 4 heteroatoms. The van der Waals surface area contributed by atoms with Gasteiger partial charge in [0.1, 0.15) is 0 Å². The summed E-state index contributed by atoms with van der Waals surface area (Å²) in [4.78, 5) is 0. The van der Waals surface area contributed by atoms with E-state index in [9.17, 15) is 8.42 Å². The second-order valence-electron chi connectivity index (χ2n) is 3.91. The average molecular weight is 225 g/mol. The standard InChI is InChI=1S/C11H15NO2S/c13-15(14)12-11-7-6-9-4-2-1-3-5-10(9)8-11/h6-8,15H,1-5H2,(H,12,13,14). The predicted octanol–water partition coefficient (Wildman–Crippen LogP) is 1.89. The van der Waals surface area contributed by atoms with Crippen molar-refractivity contribution in [2.75, 3.05) is 4.72 Å². The van der Waals surface area contributed by atoms with Crippen LogP contribution in [-0.2, 0) is 23.7 Å². The van der Waals surface area contributed by atoms with Gasteiger partial charge in [-0.2, -0.15) is 0 Å². The number of benzene rings is 1. The largest absolute Gasteiger partial charge is 0.286 e. The molecule has 3 nitrogen and oxygen atoms in total. The molecule has 0 atom stereocenters. The third-order valence-corrected chi connectivity index (χ3v) is 3.26. The molecule has 0 unspecified atom stereocenters. The van der Waals surface area contributed by atoms with Gasteiger partial charge >= 0.3 is 0 Å². The molecule has 15 heavy (non-hydrogen) atoms. The molecule has 1 aliphatic rings. The second kappa shape index (κ2) is 4.66. The van der Waals surface area contributed by atoms with Gasteiger partial charge < -0.3 is 0 Å². The highest BCUT2D eigenvalue weighted by Crippen LogP contribution is 2.23. The first-order chi connectivity index (χ1) is 7.25. The molecule has 1 N–H and O–H groups in total. The number of nitrogens with one attached hydrogen (secondary N) is 1. The zero-order valence-electron chi connectivity index (χ0n) is 8.53. The molecule has 1 aromatic rings. The van der Waals surface area contributed by atoms with Crippen LogP contribution in [0.2, 0.25) is 0 Å². The van der Waals surface area contributed by atoms with Gasteiger partial charge in [-0.3, -0.25) is 4.72 Å². The minimum absolute atomic E-state index is 0.687. The van der Waals surface area contributed by atoms with Gasteiger partial charge in [0.25, 0.3) is 0 Å². The lowest BCUT2D eigenvalue weighted by molar-refractivity contribution is 0.619. The van der Waals surface area contributed by atoms with E-state index in [0.29, 0.717) is 5.69 Å². The molecule has 0 heterocycles. The van der Waals surface area contributed by atoms with E-state index in [1.54, 1.807) is 0 Å². The van der Waals surface area contributed by atoms with Gasteiger partial charge in [0, 0.05) is 5.69 Å². The van der Waals surface area contributed by atoms with Crippen LogP contribution in [0.1, 0.15) is 30.4 Å². The first kappa shape index (κ1) is 10.5. The average Bonchev–Trinajstić information content (AvgIpc) is 2.41. The summed E-state index contributed by atoms with van der Waals surface area (Å²) in [6.45, 7) is 0. The van der Waals surface area contributed by atoms with Crippen molar-refractivity contribution >= 4 is 16.6 Å². The highest BCUT2D eigenvalue weighted by Gasteiger charge is 2.08. The van der Waals surface area contributed by atoms with Gasteiger partial charge in [0.15, 0.2) is 0 Å². The fraction of sp³-hybridized carbons (Fsp3) is 0.455. The highest BCUT2D eigenvalue weighted by molar-refractivity contribution is 7.73. The van der Waals surface area contributed by atoms with Gasteiger partial charge in [-0.1, -0.05) is 12.5 Å². The molecule has 0 amide bonds. The first-order valence-corrected chi connectivity index (χ1v) is 6.46. The Morgan fingerprint density at radius 3 is 2.47 bits per heavy atom. The smallest absolute Gasteiger partial charge is 0.222 e. The fourth-order valence-corrected chi connectivity index (χ4v) is 2.44. The summed E-state index contributed by atoms with van der Waals surface area (Å²) in [6, 6.07) is 5.85. The van der Waals surface area contributed by atoms with E-state index in [4.69, 9.17) is 0 Å². The normalized spacial score (nSPS) is 15.8. The van der Waals surface area contributed by atoms with Gasteiger partial charge in [-0.15, -0.1) is 0 Å². The third-order valence-electron chi connectivity index (χ3n) is 2.82. The number of rotatable bonds is 2. The molecule has 0 bridgehead atoms. The van der Waals surface area contributed by atoms with Crippen LogP contribution in [0.15, 0.2) is 18.2 Å². The van der Waals surface area contributed by atoms with Gasteiger partial charge in [0.2, 0.25) is 10.9 Å². The number of aryl methyl sites for hydroxylation is 2. The van der Waals surface area contributed by atoms with E-state index in [1.165, 1.54) is 30.4 Å². The second-order valence-corrected chi connectivity index (χ2v) is 4.65. The Hall–Kier alpha value is -1.03. The number of fused-ring (bicyclic) bond motifs is 1. The van der Waals surface area contributed by atoms with Crippen LogP contribution >= 0.6 is 0 Å². The molecule has 1 aliphatic carbocycles. The molecule has 0 aromatic heterocycles. The molecule has 0 saturated heterocycles. The van der Waals surface area contributed by atoms with Gasteiger partial charge in [-0.25, -0.2) is 8.42 Å². The number of thiol groups is 1. The third kappa shape index (κ3) is 2.72. The quantitative estimate of drug-likeness (QED) is 0.596. The zero-order chi connectivity index (χ0) is 10.7. The van der Waals surface area contributed by atoms with Crippen molar-refractivity contribution in [2.24, 2.45) is 0 Å². The van der Waals surface area contributed by atoms with Crippen molar-refractivity contribution in [3.05, 3.63) is 29.3 Å². The van der Waals surface area contributed by atoms with E-state index in [1.807, 2.05) is 18.2 Å². The van der Waals surface area contributed by atoms with E-state index >= 15 is 0 Å². The molecule has 1 aromatic carbocycles. The molecule has 2 rings (SSSR count). The lowest BCUT2D eigenvalue weighted by Gasteiger charge is -2.07. The summed E-state index contributed by atoms with van der Waals surface area (Å²) >= 11 is 0. The minimum Gasteiger partial charge on any atom is -0.286 e. The summed E-state index contributed by atoms with van der Waals surface area (Å²) in [5.41, 5.74) is 3.36. The Labute approximate surface area is 91.6 Å². The summed E-state index contributed by atoms with van der Waals surface area (Å²) in [5, 5.41) is 0. The van der Waals surface area contributed by atoms with Crippen LogP contribution in [0.25, 0.3) is 0 Å². The van der Waals surface area contributed by atoms with E-state index in [0.717, 1.165) is 12.8 Å². The summed E-state index contributed by atoms with van der Waals surface area (Å²) in [6.07, 6.45) is 5.92. The zero-order valence-corrected chi connectivity index (χ0v) is 9.43. The van der Waals surface area contributed by atoms with Crippen LogP contribution in [-0.4, -0.2) is 8.42 Å². The summed E-state index contributed by atoms with van der Waals surface area (Å²) < 4.78 is 23.5. The lowest BCUT2D eigenvalue weighted by Crippen LogP contribution is -1.98. The number of hydrogen-bond donors (Lipinski definition) is 2. The van der Waals surface area contributed by atoms with Crippen molar-refractivity contribution in [1.82, 2.24) is 0 Å². The highest BCUT2D eigenvalue weighted by atomic mass is 32.2. The van der Waals surface area contributed by atoms with Crippen molar-refractivity contribution in [3.63, 3.8) is 0 Å². The molecule has 0 radical (unpaired) electrons. The molecule has 0 fully saturated rings. The van der Waals surface area contributed by atoms with Gasteiger partial charge in [0.05, 0.1) is 0 Å². The van der Waals surface area contributed by atoms with E-state index in [2.05, 4.69) is 4.72 Å². The molecule has 0 aliphatic heterocycles. The van der Waals surface area contributed by atoms with Crippen LogP contribution in [0.3, 0.4) is 0 Å². The van der Waals surface area contributed by atoms with Crippen molar-refractivity contribution in [2.45, 2.75) is 32.1 Å². The topological polar surface area (TPSA) is 46.2 Å². The van der Waals surface area contributed by atoms with E-state index in [-0.39, 0.29) is 0 Å². The molecular formula is C11H15NO2S. The Bertz CT molecular complexity index is 419. The minimum atomic E-state index is -2.55. The monoisotopic (exact) mass is 225 g/mol.